The van der Waals surface area contributed by atoms with Gasteiger partial charge in [0.1, 0.15) is 5.58 Å². The molecule has 5 nitrogen and oxygen atoms in total. The minimum Gasteiger partial charge on any atom is -0.443 e. The summed E-state index contributed by atoms with van der Waals surface area (Å²) in [5.74, 6) is 0. The predicted octanol–water partition coefficient (Wildman–Crippen LogP) is 2.94. The van der Waals surface area contributed by atoms with Crippen LogP contribution in [0, 0.1) is 0 Å². The van der Waals surface area contributed by atoms with Gasteiger partial charge >= 0.3 is 0 Å². The van der Waals surface area contributed by atoms with Crippen LogP contribution in [-0.2, 0) is 10.0 Å². The lowest BCUT2D eigenvalue weighted by Crippen LogP contribution is -2.48. The Labute approximate surface area is 141 Å². The highest BCUT2D eigenvalue weighted by atomic mass is 32.2. The largest absolute Gasteiger partial charge is 0.443 e. The molecule has 0 amide bonds. The second-order valence-electron chi connectivity index (χ2n) is 5.83. The number of furan rings is 1. The number of anilines is 1. The molecule has 0 unspecified atom stereocenters. The highest BCUT2D eigenvalue weighted by Gasteiger charge is 2.31. The zero-order chi connectivity index (χ0) is 16.6. The maximum absolute atomic E-state index is 12.8. The second kappa shape index (κ2) is 5.96. The van der Waals surface area contributed by atoms with Crippen LogP contribution in [0.25, 0.3) is 11.0 Å². The van der Waals surface area contributed by atoms with Gasteiger partial charge in [-0.05, 0) is 18.2 Å². The third-order valence-corrected chi connectivity index (χ3v) is 6.11. The van der Waals surface area contributed by atoms with Crippen molar-refractivity contribution in [2.75, 3.05) is 31.1 Å². The highest BCUT2D eigenvalue weighted by Crippen LogP contribution is 2.26. The van der Waals surface area contributed by atoms with Gasteiger partial charge in [0.25, 0.3) is 10.0 Å². The first-order valence-electron chi connectivity index (χ1n) is 7.93. The van der Waals surface area contributed by atoms with Crippen molar-refractivity contribution in [1.29, 1.82) is 0 Å². The molecule has 0 radical (unpaired) electrons. The number of para-hydroxylation sites is 2. The first-order chi connectivity index (χ1) is 11.6. The Bertz CT molecular complexity index is 910. The number of piperazine rings is 1. The van der Waals surface area contributed by atoms with E-state index in [0.29, 0.717) is 31.8 Å². The minimum atomic E-state index is -3.59. The van der Waals surface area contributed by atoms with Crippen molar-refractivity contribution < 1.29 is 12.8 Å². The summed E-state index contributed by atoms with van der Waals surface area (Å²) in [6, 6.07) is 19.0. The van der Waals surface area contributed by atoms with Crippen LogP contribution in [0.15, 0.2) is 70.2 Å². The lowest BCUT2D eigenvalue weighted by molar-refractivity contribution is 0.367. The van der Waals surface area contributed by atoms with Gasteiger partial charge in [0.2, 0.25) is 5.09 Å². The van der Waals surface area contributed by atoms with E-state index in [1.165, 1.54) is 4.31 Å². The molecule has 3 aromatic rings. The summed E-state index contributed by atoms with van der Waals surface area (Å²) in [7, 11) is -3.59. The van der Waals surface area contributed by atoms with E-state index in [1.807, 2.05) is 48.5 Å². The molecule has 2 aromatic carbocycles. The number of sulfonamides is 1. The molecule has 6 heteroatoms. The molecule has 0 N–H and O–H groups in total. The van der Waals surface area contributed by atoms with Crippen molar-refractivity contribution in [2.45, 2.75) is 5.09 Å². The Kier molecular flexibility index (Phi) is 3.78. The Morgan fingerprint density at radius 3 is 2.21 bits per heavy atom. The Balaban J connectivity index is 1.54. The fourth-order valence-electron chi connectivity index (χ4n) is 3.04. The van der Waals surface area contributed by atoms with E-state index in [4.69, 9.17) is 4.42 Å². The average molecular weight is 342 g/mol. The summed E-state index contributed by atoms with van der Waals surface area (Å²) >= 11 is 0. The molecule has 1 aromatic heterocycles. The number of rotatable bonds is 3. The van der Waals surface area contributed by atoms with Crippen LogP contribution >= 0.6 is 0 Å². The molecular formula is C18H18N2O3S. The van der Waals surface area contributed by atoms with Crippen LogP contribution in [0.2, 0.25) is 0 Å². The van der Waals surface area contributed by atoms with Crippen LogP contribution in [0.3, 0.4) is 0 Å². The normalized spacial score (nSPS) is 16.6. The summed E-state index contributed by atoms with van der Waals surface area (Å²) < 4.78 is 32.7. The molecule has 1 fully saturated rings. The topological polar surface area (TPSA) is 53.8 Å². The fourth-order valence-corrected chi connectivity index (χ4v) is 4.41. The van der Waals surface area contributed by atoms with Crippen molar-refractivity contribution >= 4 is 26.7 Å². The molecule has 2 heterocycles. The number of nitrogens with zero attached hydrogens (tertiary/aromatic N) is 2. The monoisotopic (exact) mass is 342 g/mol. The molecule has 1 saturated heterocycles. The molecule has 0 bridgehead atoms. The maximum atomic E-state index is 12.8. The zero-order valence-electron chi connectivity index (χ0n) is 13.1. The quantitative estimate of drug-likeness (QED) is 0.734. The lowest BCUT2D eigenvalue weighted by atomic mass is 10.2. The maximum Gasteiger partial charge on any atom is 0.276 e. The first kappa shape index (κ1) is 15.2. The van der Waals surface area contributed by atoms with Gasteiger partial charge < -0.3 is 9.32 Å². The van der Waals surface area contributed by atoms with E-state index >= 15 is 0 Å². The van der Waals surface area contributed by atoms with Crippen molar-refractivity contribution in [3.8, 4) is 0 Å². The smallest absolute Gasteiger partial charge is 0.276 e. The SMILES string of the molecule is O=S(=O)(c1cc2ccccc2o1)N1CCN(c2ccccc2)CC1. The van der Waals surface area contributed by atoms with E-state index in [2.05, 4.69) is 4.90 Å². The number of benzene rings is 2. The van der Waals surface area contributed by atoms with Crippen LogP contribution < -0.4 is 4.90 Å². The van der Waals surface area contributed by atoms with Gasteiger partial charge in [0.05, 0.1) is 0 Å². The zero-order valence-corrected chi connectivity index (χ0v) is 13.9. The first-order valence-corrected chi connectivity index (χ1v) is 9.37. The molecule has 24 heavy (non-hydrogen) atoms. The van der Waals surface area contributed by atoms with Crippen molar-refractivity contribution in [2.24, 2.45) is 0 Å². The van der Waals surface area contributed by atoms with Crippen LogP contribution in [0.4, 0.5) is 5.69 Å². The molecule has 0 atom stereocenters. The van der Waals surface area contributed by atoms with Crippen molar-refractivity contribution in [3.63, 3.8) is 0 Å². The summed E-state index contributed by atoms with van der Waals surface area (Å²) in [6.45, 7) is 2.25. The standard InChI is InChI=1S/C18H18N2O3S/c21-24(22,18-14-15-6-4-5-9-17(15)23-18)20-12-10-19(11-13-20)16-7-2-1-3-8-16/h1-9,14H,10-13H2. The molecular weight excluding hydrogens is 324 g/mol. The molecule has 1 aliphatic rings. The van der Waals surface area contributed by atoms with Gasteiger partial charge in [-0.25, -0.2) is 8.42 Å². The van der Waals surface area contributed by atoms with Gasteiger partial charge in [-0.2, -0.15) is 4.31 Å². The summed E-state index contributed by atoms with van der Waals surface area (Å²) in [6.07, 6.45) is 0. The summed E-state index contributed by atoms with van der Waals surface area (Å²) in [5.41, 5.74) is 1.72. The second-order valence-corrected chi connectivity index (χ2v) is 7.70. The average Bonchev–Trinajstić information content (AvgIpc) is 3.08. The van der Waals surface area contributed by atoms with E-state index in [1.54, 1.807) is 12.1 Å². The lowest BCUT2D eigenvalue weighted by Gasteiger charge is -2.34. The third-order valence-electron chi connectivity index (χ3n) is 4.36. The molecule has 0 spiro atoms. The number of fused-ring (bicyclic) bond motifs is 1. The van der Waals surface area contributed by atoms with Gasteiger partial charge in [0.15, 0.2) is 0 Å². The van der Waals surface area contributed by atoms with Crippen molar-refractivity contribution in [3.05, 3.63) is 60.7 Å². The Morgan fingerprint density at radius 2 is 1.50 bits per heavy atom. The highest BCUT2D eigenvalue weighted by molar-refractivity contribution is 7.89. The van der Waals surface area contributed by atoms with Gasteiger partial charge in [0, 0.05) is 43.3 Å². The van der Waals surface area contributed by atoms with E-state index in [-0.39, 0.29) is 5.09 Å². The van der Waals surface area contributed by atoms with Crippen molar-refractivity contribution in [1.82, 2.24) is 4.31 Å². The van der Waals surface area contributed by atoms with Gasteiger partial charge in [-0.15, -0.1) is 0 Å². The molecule has 124 valence electrons. The number of hydrogen-bond donors (Lipinski definition) is 0. The van der Waals surface area contributed by atoms with E-state index in [0.717, 1.165) is 11.1 Å². The molecule has 1 aliphatic heterocycles. The fraction of sp³-hybridized carbons (Fsp3) is 0.222. The summed E-state index contributed by atoms with van der Waals surface area (Å²) in [4.78, 5) is 2.20. The predicted molar refractivity (Wildman–Crippen MR) is 93.6 cm³/mol. The molecule has 0 saturated carbocycles. The molecule has 0 aliphatic carbocycles. The number of hydrogen-bond acceptors (Lipinski definition) is 4. The van der Waals surface area contributed by atoms with E-state index < -0.39 is 10.0 Å². The minimum absolute atomic E-state index is 0.0249. The van der Waals surface area contributed by atoms with Gasteiger partial charge in [-0.3, -0.25) is 0 Å². The van der Waals surface area contributed by atoms with Crippen LogP contribution in [0.1, 0.15) is 0 Å². The van der Waals surface area contributed by atoms with E-state index in [9.17, 15) is 8.42 Å². The third kappa shape index (κ3) is 2.68. The Morgan fingerprint density at radius 1 is 0.833 bits per heavy atom. The summed E-state index contributed by atoms with van der Waals surface area (Å²) in [5, 5.41) is 0.829. The van der Waals surface area contributed by atoms with Crippen LogP contribution in [-0.4, -0.2) is 38.9 Å². The van der Waals surface area contributed by atoms with Gasteiger partial charge in [-0.1, -0.05) is 36.4 Å². The Hall–Kier alpha value is -2.31. The molecule has 4 rings (SSSR count). The van der Waals surface area contributed by atoms with Crippen LogP contribution in [0.5, 0.6) is 0 Å².